The summed E-state index contributed by atoms with van der Waals surface area (Å²) in [5, 5.41) is 6.85. The van der Waals surface area contributed by atoms with Gasteiger partial charge in [0.1, 0.15) is 6.10 Å². The van der Waals surface area contributed by atoms with Crippen LogP contribution in [0.4, 0.5) is 5.69 Å². The van der Waals surface area contributed by atoms with Crippen molar-refractivity contribution < 1.29 is 9.53 Å². The summed E-state index contributed by atoms with van der Waals surface area (Å²) in [5.41, 5.74) is 2.45. The molecule has 2 fully saturated rings. The summed E-state index contributed by atoms with van der Waals surface area (Å²) in [6.07, 6.45) is 0.491. The van der Waals surface area contributed by atoms with Gasteiger partial charge in [-0.2, -0.15) is 0 Å². The molecule has 112 valence electrons. The van der Waals surface area contributed by atoms with Gasteiger partial charge in [-0.25, -0.2) is 0 Å². The molecule has 22 heavy (non-hydrogen) atoms. The summed E-state index contributed by atoms with van der Waals surface area (Å²) < 4.78 is 5.76. The van der Waals surface area contributed by atoms with Crippen LogP contribution in [0.25, 0.3) is 0 Å². The predicted octanol–water partition coefficient (Wildman–Crippen LogP) is 3.00. The second kappa shape index (κ2) is 5.39. The molecule has 1 unspecified atom stereocenters. The Morgan fingerprint density at radius 2 is 1.86 bits per heavy atom. The molecule has 0 saturated carbocycles. The number of fused-ring (bicyclic) bond motifs is 1. The van der Waals surface area contributed by atoms with Crippen LogP contribution in [0.2, 0.25) is 5.02 Å². The molecule has 2 heterocycles. The van der Waals surface area contributed by atoms with Crippen molar-refractivity contribution in [2.45, 2.75) is 18.2 Å². The molecule has 5 heteroatoms. The first-order valence-electron chi connectivity index (χ1n) is 7.26. The Bertz CT molecular complexity index is 700. The zero-order valence-corrected chi connectivity index (χ0v) is 12.5. The Balaban J connectivity index is 1.43. The van der Waals surface area contributed by atoms with Crippen LogP contribution >= 0.6 is 11.6 Å². The Morgan fingerprint density at radius 1 is 1.14 bits per heavy atom. The third-order valence-corrected chi connectivity index (χ3v) is 4.46. The number of morpholine rings is 1. The molecule has 2 aromatic rings. The highest BCUT2D eigenvalue weighted by molar-refractivity contribution is 6.30. The predicted molar refractivity (Wildman–Crippen MR) is 85.3 cm³/mol. The van der Waals surface area contributed by atoms with Crippen LogP contribution in [0, 0.1) is 0 Å². The molecule has 2 aromatic carbocycles. The maximum absolute atomic E-state index is 12.2. The van der Waals surface area contributed by atoms with Gasteiger partial charge in [0.2, 0.25) is 0 Å². The summed E-state index contributed by atoms with van der Waals surface area (Å²) in [4.78, 5) is 12.2. The minimum absolute atomic E-state index is 0.118. The molecule has 2 aliphatic heterocycles. The van der Waals surface area contributed by atoms with E-state index >= 15 is 0 Å². The lowest BCUT2D eigenvalue weighted by atomic mass is 9.86. The molecule has 0 aliphatic carbocycles. The number of hydrogen-bond donors (Lipinski definition) is 2. The number of rotatable bonds is 3. The first-order valence-corrected chi connectivity index (χ1v) is 7.64. The van der Waals surface area contributed by atoms with Gasteiger partial charge in [0.05, 0.1) is 12.1 Å². The SMILES string of the molecule is O=C(Nc1ccc(Cl)cc1)c1ccc([C@@H]2OC3CN[C@H]32)cc1. The van der Waals surface area contributed by atoms with Crippen LogP contribution in [0.5, 0.6) is 0 Å². The van der Waals surface area contributed by atoms with Gasteiger partial charge < -0.3 is 15.4 Å². The monoisotopic (exact) mass is 314 g/mol. The van der Waals surface area contributed by atoms with Gasteiger partial charge in [-0.1, -0.05) is 23.7 Å². The van der Waals surface area contributed by atoms with Crippen molar-refractivity contribution in [1.82, 2.24) is 5.32 Å². The molecule has 0 spiro atoms. The number of nitrogens with one attached hydrogen (secondary N) is 2. The zero-order chi connectivity index (χ0) is 15.1. The van der Waals surface area contributed by atoms with Gasteiger partial charge in [-0.05, 0) is 42.0 Å². The van der Waals surface area contributed by atoms with E-state index in [4.69, 9.17) is 16.3 Å². The molecule has 2 saturated heterocycles. The van der Waals surface area contributed by atoms with Gasteiger partial charge in [0.25, 0.3) is 5.91 Å². The summed E-state index contributed by atoms with van der Waals surface area (Å²) >= 11 is 5.83. The first kappa shape index (κ1) is 13.8. The van der Waals surface area contributed by atoms with E-state index in [0.29, 0.717) is 22.7 Å². The molecule has 2 aliphatic rings. The van der Waals surface area contributed by atoms with Gasteiger partial charge in [0.15, 0.2) is 0 Å². The number of carbonyl (C=O) groups is 1. The van der Waals surface area contributed by atoms with Crippen molar-refractivity contribution in [3.05, 3.63) is 64.7 Å². The number of halogens is 1. The van der Waals surface area contributed by atoms with Gasteiger partial charge in [-0.3, -0.25) is 4.79 Å². The fraction of sp³-hybridized carbons (Fsp3) is 0.235. The first-order chi connectivity index (χ1) is 10.7. The van der Waals surface area contributed by atoms with E-state index in [1.807, 2.05) is 24.3 Å². The van der Waals surface area contributed by atoms with Crippen molar-refractivity contribution in [2.24, 2.45) is 0 Å². The van der Waals surface area contributed by atoms with E-state index in [1.165, 1.54) is 0 Å². The standard InChI is InChI=1S/C17H15ClN2O2/c18-12-5-7-13(8-6-12)20-17(21)11-3-1-10(2-4-11)16-15-14(22-16)9-19-15/h1-8,14-16,19H,9H2,(H,20,21)/t14?,15-,16+/m1/s1. The second-order valence-corrected chi connectivity index (χ2v) is 6.05. The summed E-state index contributed by atoms with van der Waals surface area (Å²) in [6.45, 7) is 0.947. The molecule has 0 radical (unpaired) electrons. The topological polar surface area (TPSA) is 50.4 Å². The number of amides is 1. The van der Waals surface area contributed by atoms with Crippen molar-refractivity contribution in [2.75, 3.05) is 11.9 Å². The molecular weight excluding hydrogens is 300 g/mol. The van der Waals surface area contributed by atoms with Crippen LogP contribution in [0.1, 0.15) is 22.0 Å². The minimum atomic E-state index is -0.136. The van der Waals surface area contributed by atoms with Gasteiger partial charge in [0, 0.05) is 22.8 Å². The summed E-state index contributed by atoms with van der Waals surface area (Å²) in [6, 6.07) is 15.1. The van der Waals surface area contributed by atoms with E-state index in [1.54, 1.807) is 24.3 Å². The third kappa shape index (κ3) is 2.39. The average Bonchev–Trinajstić information content (AvgIpc) is 2.52. The van der Waals surface area contributed by atoms with E-state index in [0.717, 1.165) is 17.8 Å². The lowest BCUT2D eigenvalue weighted by molar-refractivity contribution is -0.203. The Kier molecular flexibility index (Phi) is 3.37. The second-order valence-electron chi connectivity index (χ2n) is 5.61. The molecular formula is C17H15ClN2O2. The number of ether oxygens (including phenoxy) is 1. The number of carbonyl (C=O) groups excluding carboxylic acids is 1. The summed E-state index contributed by atoms with van der Waals surface area (Å²) in [7, 11) is 0. The van der Waals surface area contributed by atoms with Crippen LogP contribution in [-0.4, -0.2) is 24.6 Å². The average molecular weight is 315 g/mol. The lowest BCUT2D eigenvalue weighted by Gasteiger charge is -2.53. The van der Waals surface area contributed by atoms with Gasteiger partial charge in [-0.15, -0.1) is 0 Å². The van der Waals surface area contributed by atoms with E-state index in [9.17, 15) is 4.79 Å². The molecule has 4 nitrogen and oxygen atoms in total. The Labute approximate surface area is 133 Å². The van der Waals surface area contributed by atoms with Crippen LogP contribution in [-0.2, 0) is 4.74 Å². The summed E-state index contributed by atoms with van der Waals surface area (Å²) in [5.74, 6) is -0.136. The quantitative estimate of drug-likeness (QED) is 0.915. The largest absolute Gasteiger partial charge is 0.365 e. The number of hydrogen-bond acceptors (Lipinski definition) is 3. The van der Waals surface area contributed by atoms with E-state index in [-0.39, 0.29) is 12.0 Å². The van der Waals surface area contributed by atoms with Crippen molar-refractivity contribution >= 4 is 23.2 Å². The molecule has 4 rings (SSSR count). The molecule has 0 bridgehead atoms. The number of benzene rings is 2. The zero-order valence-electron chi connectivity index (χ0n) is 11.8. The highest BCUT2D eigenvalue weighted by Gasteiger charge is 2.49. The highest BCUT2D eigenvalue weighted by Crippen LogP contribution is 2.39. The van der Waals surface area contributed by atoms with Crippen LogP contribution < -0.4 is 10.6 Å². The number of anilines is 1. The smallest absolute Gasteiger partial charge is 0.255 e. The van der Waals surface area contributed by atoms with E-state index < -0.39 is 0 Å². The van der Waals surface area contributed by atoms with Crippen LogP contribution in [0.15, 0.2) is 48.5 Å². The maximum Gasteiger partial charge on any atom is 0.255 e. The van der Waals surface area contributed by atoms with Crippen molar-refractivity contribution in [3.63, 3.8) is 0 Å². The Hall–Kier alpha value is -1.88. The third-order valence-electron chi connectivity index (χ3n) is 4.21. The minimum Gasteiger partial charge on any atom is -0.365 e. The maximum atomic E-state index is 12.2. The normalized spacial score (nSPS) is 25.6. The molecule has 2 N–H and O–H groups in total. The molecule has 1 amide bonds. The lowest BCUT2D eigenvalue weighted by Crippen LogP contribution is -2.69. The van der Waals surface area contributed by atoms with Gasteiger partial charge >= 0.3 is 0 Å². The van der Waals surface area contributed by atoms with Crippen molar-refractivity contribution in [3.8, 4) is 0 Å². The molecule has 0 aromatic heterocycles. The fourth-order valence-electron chi connectivity index (χ4n) is 2.81. The van der Waals surface area contributed by atoms with E-state index in [2.05, 4.69) is 10.6 Å². The van der Waals surface area contributed by atoms with Crippen molar-refractivity contribution in [1.29, 1.82) is 0 Å². The fourth-order valence-corrected chi connectivity index (χ4v) is 2.94. The van der Waals surface area contributed by atoms with Crippen LogP contribution in [0.3, 0.4) is 0 Å². The molecule has 3 atom stereocenters. The Morgan fingerprint density at radius 3 is 2.41 bits per heavy atom. The highest BCUT2D eigenvalue weighted by atomic mass is 35.5.